The first-order chi connectivity index (χ1) is 7.81. The van der Waals surface area contributed by atoms with E-state index in [2.05, 4.69) is 18.4 Å². The van der Waals surface area contributed by atoms with Crippen molar-refractivity contribution in [2.24, 2.45) is 0 Å². The van der Waals surface area contributed by atoms with E-state index in [0.717, 1.165) is 32.4 Å². The zero-order valence-corrected chi connectivity index (χ0v) is 10.4. The predicted molar refractivity (Wildman–Crippen MR) is 64.7 cm³/mol. The standard InChI is InChI=1S/C12H17NO2S/c1-2-3-7-15-12(14)13-6-4-10-5-8-16-11(10)9-13/h5,8H,2-4,6-7,9H2,1H3. The van der Waals surface area contributed by atoms with E-state index < -0.39 is 0 Å². The van der Waals surface area contributed by atoms with Gasteiger partial charge in [-0.05, 0) is 29.9 Å². The first kappa shape index (κ1) is 11.5. The molecule has 16 heavy (non-hydrogen) atoms. The fraction of sp³-hybridized carbons (Fsp3) is 0.583. The summed E-state index contributed by atoms with van der Waals surface area (Å²) in [5.41, 5.74) is 1.39. The minimum atomic E-state index is -0.160. The van der Waals surface area contributed by atoms with Crippen LogP contribution in [0.5, 0.6) is 0 Å². The number of hydrogen-bond acceptors (Lipinski definition) is 3. The van der Waals surface area contributed by atoms with Crippen LogP contribution in [0.1, 0.15) is 30.2 Å². The van der Waals surface area contributed by atoms with Gasteiger partial charge in [-0.1, -0.05) is 13.3 Å². The Bertz CT molecular complexity index is 362. The quantitative estimate of drug-likeness (QED) is 0.759. The molecule has 0 atom stereocenters. The summed E-state index contributed by atoms with van der Waals surface area (Å²) in [5.74, 6) is 0. The molecule has 2 rings (SSSR count). The van der Waals surface area contributed by atoms with Crippen LogP contribution in [0.3, 0.4) is 0 Å². The van der Waals surface area contributed by atoms with E-state index in [1.807, 2.05) is 0 Å². The first-order valence-corrected chi connectivity index (χ1v) is 6.66. The lowest BCUT2D eigenvalue weighted by Crippen LogP contribution is -2.35. The van der Waals surface area contributed by atoms with Gasteiger partial charge in [0, 0.05) is 11.4 Å². The average molecular weight is 239 g/mol. The van der Waals surface area contributed by atoms with Gasteiger partial charge in [0.1, 0.15) is 0 Å². The highest BCUT2D eigenvalue weighted by molar-refractivity contribution is 7.10. The van der Waals surface area contributed by atoms with Crippen molar-refractivity contribution in [3.63, 3.8) is 0 Å². The van der Waals surface area contributed by atoms with Crippen LogP contribution < -0.4 is 0 Å². The second-order valence-corrected chi connectivity index (χ2v) is 5.01. The molecule has 0 unspecified atom stereocenters. The van der Waals surface area contributed by atoms with Crippen LogP contribution in [-0.2, 0) is 17.7 Å². The van der Waals surface area contributed by atoms with Gasteiger partial charge in [-0.15, -0.1) is 11.3 Å². The van der Waals surface area contributed by atoms with E-state index >= 15 is 0 Å². The van der Waals surface area contributed by atoms with Crippen molar-refractivity contribution in [1.82, 2.24) is 4.90 Å². The van der Waals surface area contributed by atoms with Gasteiger partial charge in [-0.3, -0.25) is 0 Å². The molecule has 88 valence electrons. The number of unbranched alkanes of at least 4 members (excludes halogenated alkanes) is 1. The molecule has 0 fully saturated rings. The molecule has 0 N–H and O–H groups in total. The van der Waals surface area contributed by atoms with Crippen LogP contribution in [-0.4, -0.2) is 24.1 Å². The summed E-state index contributed by atoms with van der Waals surface area (Å²) < 4.78 is 5.21. The zero-order valence-electron chi connectivity index (χ0n) is 9.57. The summed E-state index contributed by atoms with van der Waals surface area (Å²) in [6.45, 7) is 4.14. The van der Waals surface area contributed by atoms with Crippen LogP contribution in [0.25, 0.3) is 0 Å². The van der Waals surface area contributed by atoms with Crippen molar-refractivity contribution in [2.45, 2.75) is 32.7 Å². The Morgan fingerprint density at radius 1 is 1.62 bits per heavy atom. The highest BCUT2D eigenvalue weighted by atomic mass is 32.1. The molecule has 0 saturated carbocycles. The summed E-state index contributed by atoms with van der Waals surface area (Å²) >= 11 is 1.73. The molecule has 3 nitrogen and oxygen atoms in total. The molecule has 0 saturated heterocycles. The minimum Gasteiger partial charge on any atom is -0.449 e. The lowest BCUT2D eigenvalue weighted by atomic mass is 10.1. The van der Waals surface area contributed by atoms with Gasteiger partial charge in [0.05, 0.1) is 13.2 Å². The number of hydrogen-bond donors (Lipinski definition) is 0. The monoisotopic (exact) mass is 239 g/mol. The molecule has 1 aliphatic heterocycles. The summed E-state index contributed by atoms with van der Waals surface area (Å²) in [6.07, 6.45) is 2.81. The molecule has 1 aliphatic rings. The van der Waals surface area contributed by atoms with Crippen molar-refractivity contribution in [1.29, 1.82) is 0 Å². The van der Waals surface area contributed by atoms with E-state index in [-0.39, 0.29) is 6.09 Å². The number of amides is 1. The molecular weight excluding hydrogens is 222 g/mol. The van der Waals surface area contributed by atoms with Crippen molar-refractivity contribution in [2.75, 3.05) is 13.2 Å². The third-order valence-corrected chi connectivity index (χ3v) is 3.75. The Labute approximate surface area is 100 Å². The lowest BCUT2D eigenvalue weighted by molar-refractivity contribution is 0.0971. The van der Waals surface area contributed by atoms with Gasteiger partial charge < -0.3 is 9.64 Å². The molecule has 4 heteroatoms. The molecule has 0 aromatic carbocycles. The SMILES string of the molecule is CCCCOC(=O)N1CCc2ccsc2C1. The summed E-state index contributed by atoms with van der Waals surface area (Å²) in [4.78, 5) is 14.8. The predicted octanol–water partition coefficient (Wildman–Crippen LogP) is 3.04. The number of ether oxygens (including phenoxy) is 1. The van der Waals surface area contributed by atoms with Crippen LogP contribution in [0.2, 0.25) is 0 Å². The van der Waals surface area contributed by atoms with E-state index in [0.29, 0.717) is 6.61 Å². The fourth-order valence-corrected chi connectivity index (χ4v) is 2.74. The smallest absolute Gasteiger partial charge is 0.410 e. The minimum absolute atomic E-state index is 0.160. The molecule has 0 spiro atoms. The zero-order chi connectivity index (χ0) is 11.4. The second kappa shape index (κ2) is 5.34. The summed E-state index contributed by atoms with van der Waals surface area (Å²) in [7, 11) is 0. The Morgan fingerprint density at radius 3 is 3.31 bits per heavy atom. The Hall–Kier alpha value is -1.03. The van der Waals surface area contributed by atoms with Crippen molar-refractivity contribution in [3.8, 4) is 0 Å². The normalized spacial score (nSPS) is 14.7. The molecule has 1 aromatic rings. The van der Waals surface area contributed by atoms with E-state index in [9.17, 15) is 4.79 Å². The van der Waals surface area contributed by atoms with Gasteiger partial charge in [0.15, 0.2) is 0 Å². The number of fused-ring (bicyclic) bond motifs is 1. The van der Waals surface area contributed by atoms with Crippen LogP contribution >= 0.6 is 11.3 Å². The lowest BCUT2D eigenvalue weighted by Gasteiger charge is -2.26. The number of rotatable bonds is 3. The van der Waals surface area contributed by atoms with Gasteiger partial charge in [0.2, 0.25) is 0 Å². The molecule has 1 amide bonds. The molecule has 2 heterocycles. The van der Waals surface area contributed by atoms with E-state index in [1.54, 1.807) is 16.2 Å². The molecule has 0 bridgehead atoms. The largest absolute Gasteiger partial charge is 0.449 e. The van der Waals surface area contributed by atoms with Crippen molar-refractivity contribution < 1.29 is 9.53 Å². The number of nitrogens with zero attached hydrogens (tertiary/aromatic N) is 1. The molecular formula is C12H17NO2S. The highest BCUT2D eigenvalue weighted by Crippen LogP contribution is 2.24. The third kappa shape index (κ3) is 2.55. The van der Waals surface area contributed by atoms with Crippen LogP contribution in [0.15, 0.2) is 11.4 Å². The maximum absolute atomic E-state index is 11.7. The van der Waals surface area contributed by atoms with Crippen molar-refractivity contribution in [3.05, 3.63) is 21.9 Å². The molecule has 1 aromatic heterocycles. The molecule has 0 radical (unpaired) electrons. The Kier molecular flexibility index (Phi) is 3.83. The third-order valence-electron chi connectivity index (χ3n) is 2.80. The van der Waals surface area contributed by atoms with Gasteiger partial charge >= 0.3 is 6.09 Å². The maximum atomic E-state index is 11.7. The van der Waals surface area contributed by atoms with Gasteiger partial charge in [0.25, 0.3) is 0 Å². The number of thiophene rings is 1. The second-order valence-electron chi connectivity index (χ2n) is 4.01. The van der Waals surface area contributed by atoms with Gasteiger partial charge in [-0.25, -0.2) is 4.79 Å². The number of carbonyl (C=O) groups is 1. The van der Waals surface area contributed by atoms with Crippen LogP contribution in [0.4, 0.5) is 4.79 Å². The van der Waals surface area contributed by atoms with Crippen LogP contribution in [0, 0.1) is 0 Å². The highest BCUT2D eigenvalue weighted by Gasteiger charge is 2.22. The Morgan fingerprint density at radius 2 is 2.50 bits per heavy atom. The maximum Gasteiger partial charge on any atom is 0.410 e. The fourth-order valence-electron chi connectivity index (χ4n) is 1.79. The molecule has 0 aliphatic carbocycles. The van der Waals surface area contributed by atoms with E-state index in [4.69, 9.17) is 4.74 Å². The number of carbonyl (C=O) groups excluding carboxylic acids is 1. The van der Waals surface area contributed by atoms with E-state index in [1.165, 1.54) is 10.4 Å². The Balaban J connectivity index is 1.86. The first-order valence-electron chi connectivity index (χ1n) is 5.78. The average Bonchev–Trinajstić information content (AvgIpc) is 2.76. The van der Waals surface area contributed by atoms with Gasteiger partial charge in [-0.2, -0.15) is 0 Å². The van der Waals surface area contributed by atoms with Crippen molar-refractivity contribution >= 4 is 17.4 Å². The summed E-state index contributed by atoms with van der Waals surface area (Å²) in [6, 6.07) is 2.15. The topological polar surface area (TPSA) is 29.5 Å². The summed E-state index contributed by atoms with van der Waals surface area (Å²) in [5, 5.41) is 2.09.